The zero-order valence-corrected chi connectivity index (χ0v) is 14.4. The van der Waals surface area contributed by atoms with E-state index in [2.05, 4.69) is 41.1 Å². The fraction of sp³-hybridized carbons (Fsp3) is 0.143. The summed E-state index contributed by atoms with van der Waals surface area (Å²) in [6.45, 7) is 3.37. The highest BCUT2D eigenvalue weighted by Gasteiger charge is 2.12. The Morgan fingerprint density at radius 3 is 2.42 bits per heavy atom. The van der Waals surface area contributed by atoms with E-state index >= 15 is 0 Å². The molecule has 0 unspecified atom stereocenters. The van der Waals surface area contributed by atoms with Crippen molar-refractivity contribution < 1.29 is 15.3 Å². The molecule has 0 aliphatic carbocycles. The lowest BCUT2D eigenvalue weighted by atomic mass is 10.1. The zero-order chi connectivity index (χ0) is 18.3. The molecule has 0 aliphatic heterocycles. The number of aromatic hydroxyl groups is 3. The van der Waals surface area contributed by atoms with Crippen molar-refractivity contribution in [2.24, 2.45) is 0 Å². The van der Waals surface area contributed by atoms with Crippen LogP contribution in [0.3, 0.4) is 0 Å². The van der Waals surface area contributed by atoms with Gasteiger partial charge in [-0.15, -0.1) is 0 Å². The maximum Gasteiger partial charge on any atom is 0.200 e. The van der Waals surface area contributed by atoms with Crippen LogP contribution in [0.2, 0.25) is 0 Å². The summed E-state index contributed by atoms with van der Waals surface area (Å²) in [7, 11) is 0. The summed E-state index contributed by atoms with van der Waals surface area (Å²) in [4.78, 5) is 0. The highest BCUT2D eigenvalue weighted by Crippen LogP contribution is 2.37. The molecule has 0 saturated carbocycles. The first-order valence-corrected chi connectivity index (χ1v) is 8.57. The summed E-state index contributed by atoms with van der Waals surface area (Å²) >= 11 is 0. The molecule has 0 aliphatic rings. The first-order valence-electron chi connectivity index (χ1n) is 8.57. The molecular formula is C21H20N2O3. The van der Waals surface area contributed by atoms with Gasteiger partial charge in [-0.1, -0.05) is 18.2 Å². The molecule has 4 N–H and O–H groups in total. The zero-order valence-electron chi connectivity index (χ0n) is 14.4. The van der Waals surface area contributed by atoms with Crippen LogP contribution in [0.5, 0.6) is 17.2 Å². The lowest BCUT2D eigenvalue weighted by Crippen LogP contribution is -2.00. The fourth-order valence-electron chi connectivity index (χ4n) is 3.46. The summed E-state index contributed by atoms with van der Waals surface area (Å²) in [5, 5.41) is 34.7. The van der Waals surface area contributed by atoms with Crippen molar-refractivity contribution in [1.82, 2.24) is 4.57 Å². The lowest BCUT2D eigenvalue weighted by molar-refractivity contribution is 0.365. The van der Waals surface area contributed by atoms with Crippen molar-refractivity contribution in [2.45, 2.75) is 20.0 Å². The first-order chi connectivity index (χ1) is 12.6. The monoisotopic (exact) mass is 348 g/mol. The smallest absolute Gasteiger partial charge is 0.200 e. The number of aryl methyl sites for hydroxylation is 1. The number of nitrogens with one attached hydrogen (secondary N) is 1. The van der Waals surface area contributed by atoms with E-state index in [-0.39, 0.29) is 11.5 Å². The number of nitrogens with zero attached hydrogens (tertiary/aromatic N) is 1. The van der Waals surface area contributed by atoms with E-state index in [1.54, 1.807) is 6.07 Å². The summed E-state index contributed by atoms with van der Waals surface area (Å²) in [6, 6.07) is 17.5. The van der Waals surface area contributed by atoms with E-state index in [1.807, 2.05) is 18.2 Å². The van der Waals surface area contributed by atoms with Crippen LogP contribution in [-0.4, -0.2) is 19.9 Å². The van der Waals surface area contributed by atoms with Gasteiger partial charge in [-0.2, -0.15) is 0 Å². The quantitative estimate of drug-likeness (QED) is 0.408. The Morgan fingerprint density at radius 2 is 1.62 bits per heavy atom. The number of hydrogen-bond donors (Lipinski definition) is 4. The third kappa shape index (κ3) is 2.49. The largest absolute Gasteiger partial charge is 0.504 e. The van der Waals surface area contributed by atoms with Crippen LogP contribution in [0.25, 0.3) is 21.8 Å². The average molecular weight is 348 g/mol. The number of benzene rings is 3. The standard InChI is InChI=1S/C21H20N2O3/c1-2-23-17-6-4-3-5-15(17)16-11-14(8-9-18(16)23)22-12-13-7-10-19(24)21(26)20(13)25/h3-11,22,24-26H,2,12H2,1H3. The van der Waals surface area contributed by atoms with Crippen LogP contribution >= 0.6 is 0 Å². The van der Waals surface area contributed by atoms with Gasteiger partial charge in [0.15, 0.2) is 11.5 Å². The predicted molar refractivity (Wildman–Crippen MR) is 104 cm³/mol. The minimum Gasteiger partial charge on any atom is -0.504 e. The Balaban J connectivity index is 1.70. The Morgan fingerprint density at radius 1 is 0.846 bits per heavy atom. The summed E-state index contributed by atoms with van der Waals surface area (Å²) < 4.78 is 2.29. The second-order valence-corrected chi connectivity index (χ2v) is 6.29. The molecule has 3 aromatic carbocycles. The number of hydrogen-bond acceptors (Lipinski definition) is 4. The molecule has 0 bridgehead atoms. The fourth-order valence-corrected chi connectivity index (χ4v) is 3.46. The molecule has 0 radical (unpaired) electrons. The summed E-state index contributed by atoms with van der Waals surface area (Å²) in [6.07, 6.45) is 0. The molecule has 4 rings (SSSR count). The molecule has 5 nitrogen and oxygen atoms in total. The molecule has 0 atom stereocenters. The van der Waals surface area contributed by atoms with Crippen molar-refractivity contribution in [1.29, 1.82) is 0 Å². The third-order valence-corrected chi connectivity index (χ3v) is 4.79. The minimum absolute atomic E-state index is 0.304. The van der Waals surface area contributed by atoms with Gasteiger partial charge in [-0.05, 0) is 43.3 Å². The van der Waals surface area contributed by atoms with Crippen molar-refractivity contribution in [3.05, 3.63) is 60.2 Å². The third-order valence-electron chi connectivity index (χ3n) is 4.79. The molecule has 1 heterocycles. The van der Waals surface area contributed by atoms with Gasteiger partial charge < -0.3 is 25.2 Å². The van der Waals surface area contributed by atoms with E-state index in [0.29, 0.717) is 12.1 Å². The molecule has 0 amide bonds. The Hall–Kier alpha value is -3.34. The number of fused-ring (bicyclic) bond motifs is 3. The van der Waals surface area contributed by atoms with Crippen LogP contribution in [0.1, 0.15) is 12.5 Å². The Labute approximate surface area is 150 Å². The molecular weight excluding hydrogens is 328 g/mol. The number of phenols is 3. The lowest BCUT2D eigenvalue weighted by Gasteiger charge is -2.10. The van der Waals surface area contributed by atoms with E-state index < -0.39 is 5.75 Å². The second-order valence-electron chi connectivity index (χ2n) is 6.29. The van der Waals surface area contributed by atoms with E-state index in [0.717, 1.165) is 12.2 Å². The van der Waals surface area contributed by atoms with Gasteiger partial charge in [-0.3, -0.25) is 0 Å². The topological polar surface area (TPSA) is 77.7 Å². The number of para-hydroxylation sites is 1. The van der Waals surface area contributed by atoms with Crippen molar-refractivity contribution in [3.63, 3.8) is 0 Å². The first kappa shape index (κ1) is 16.1. The number of aromatic nitrogens is 1. The molecule has 0 spiro atoms. The van der Waals surface area contributed by atoms with Gasteiger partial charge in [0.05, 0.1) is 0 Å². The number of rotatable bonds is 4. The van der Waals surface area contributed by atoms with Gasteiger partial charge in [-0.25, -0.2) is 0 Å². The van der Waals surface area contributed by atoms with Crippen LogP contribution in [0.15, 0.2) is 54.6 Å². The average Bonchev–Trinajstić information content (AvgIpc) is 2.98. The Bertz CT molecular complexity index is 1120. The van der Waals surface area contributed by atoms with Crippen molar-refractivity contribution in [3.8, 4) is 17.2 Å². The van der Waals surface area contributed by atoms with E-state index in [1.165, 1.54) is 27.9 Å². The van der Waals surface area contributed by atoms with Crippen LogP contribution in [-0.2, 0) is 13.1 Å². The highest BCUT2D eigenvalue weighted by atomic mass is 16.3. The van der Waals surface area contributed by atoms with Crippen LogP contribution in [0.4, 0.5) is 5.69 Å². The van der Waals surface area contributed by atoms with Gasteiger partial charge in [0.1, 0.15) is 0 Å². The van der Waals surface area contributed by atoms with Gasteiger partial charge in [0.2, 0.25) is 5.75 Å². The molecule has 132 valence electrons. The number of phenolic OH excluding ortho intramolecular Hbond substituents is 3. The van der Waals surface area contributed by atoms with E-state index in [4.69, 9.17) is 0 Å². The predicted octanol–water partition coefficient (Wildman–Crippen LogP) is 4.54. The van der Waals surface area contributed by atoms with Gasteiger partial charge >= 0.3 is 0 Å². The van der Waals surface area contributed by atoms with Crippen LogP contribution < -0.4 is 5.32 Å². The second kappa shape index (κ2) is 6.19. The van der Waals surface area contributed by atoms with Gasteiger partial charge in [0, 0.05) is 46.1 Å². The molecule has 5 heteroatoms. The molecule has 26 heavy (non-hydrogen) atoms. The summed E-state index contributed by atoms with van der Waals surface area (Å²) in [5.41, 5.74) is 3.83. The summed E-state index contributed by atoms with van der Waals surface area (Å²) in [5.74, 6) is -1.13. The molecule has 4 aromatic rings. The Kier molecular flexibility index (Phi) is 3.84. The minimum atomic E-state index is -0.495. The SMILES string of the molecule is CCn1c2ccccc2c2cc(NCc3ccc(O)c(O)c3O)ccc21. The molecule has 1 aromatic heterocycles. The van der Waals surface area contributed by atoms with E-state index in [9.17, 15) is 15.3 Å². The molecule has 0 saturated heterocycles. The molecule has 0 fully saturated rings. The van der Waals surface area contributed by atoms with Crippen molar-refractivity contribution >= 4 is 27.5 Å². The van der Waals surface area contributed by atoms with Gasteiger partial charge in [0.25, 0.3) is 0 Å². The normalized spacial score (nSPS) is 11.3. The number of anilines is 1. The van der Waals surface area contributed by atoms with Crippen molar-refractivity contribution in [2.75, 3.05) is 5.32 Å². The maximum absolute atomic E-state index is 9.95. The van der Waals surface area contributed by atoms with Crippen LogP contribution in [0, 0.1) is 0 Å². The highest BCUT2D eigenvalue weighted by molar-refractivity contribution is 6.09. The maximum atomic E-state index is 9.95.